The van der Waals surface area contributed by atoms with Gasteiger partial charge in [-0.15, -0.1) is 0 Å². The fourth-order valence-electron chi connectivity index (χ4n) is 4.00. The zero-order valence-electron chi connectivity index (χ0n) is 18.2. The van der Waals surface area contributed by atoms with Gasteiger partial charge in [-0.05, 0) is 54.8 Å². The third-order valence-electron chi connectivity index (χ3n) is 5.70. The molecule has 4 rings (SSSR count). The normalized spacial score (nSPS) is 17.6. The molecule has 1 aliphatic rings. The van der Waals surface area contributed by atoms with Gasteiger partial charge >= 0.3 is 0 Å². The molecule has 0 bridgehead atoms. The molecule has 0 spiro atoms. The molecule has 2 aromatic carbocycles. The number of carbonyl (C=O) groups is 2. The molecule has 6 nitrogen and oxygen atoms in total. The Hall–Kier alpha value is -3.93. The molecule has 0 unspecified atom stereocenters. The van der Waals surface area contributed by atoms with Crippen molar-refractivity contribution in [2.45, 2.75) is 26.4 Å². The minimum absolute atomic E-state index is 0.0796. The van der Waals surface area contributed by atoms with E-state index in [9.17, 15) is 14.7 Å². The van der Waals surface area contributed by atoms with Crippen LogP contribution in [0.5, 0.6) is 5.75 Å². The summed E-state index contributed by atoms with van der Waals surface area (Å²) >= 11 is 0. The topological polar surface area (TPSA) is 79.7 Å². The van der Waals surface area contributed by atoms with Crippen molar-refractivity contribution in [2.24, 2.45) is 0 Å². The van der Waals surface area contributed by atoms with Crippen LogP contribution in [0.1, 0.15) is 33.9 Å². The number of aliphatic hydroxyl groups is 1. The summed E-state index contributed by atoms with van der Waals surface area (Å²) in [7, 11) is 1.57. The first-order valence-corrected chi connectivity index (χ1v) is 10.3. The number of pyridine rings is 1. The van der Waals surface area contributed by atoms with Crippen LogP contribution in [0.15, 0.2) is 72.6 Å². The molecule has 1 saturated heterocycles. The van der Waals surface area contributed by atoms with E-state index in [1.54, 1.807) is 43.8 Å². The average molecular weight is 428 g/mol. The van der Waals surface area contributed by atoms with Crippen LogP contribution in [0, 0.1) is 13.8 Å². The maximum Gasteiger partial charge on any atom is 0.295 e. The van der Waals surface area contributed by atoms with Gasteiger partial charge in [0, 0.05) is 24.5 Å². The predicted octanol–water partition coefficient (Wildman–Crippen LogP) is 4.33. The number of aryl methyl sites for hydroxylation is 2. The van der Waals surface area contributed by atoms with Gasteiger partial charge in [0.15, 0.2) is 0 Å². The van der Waals surface area contributed by atoms with Gasteiger partial charge in [0.05, 0.1) is 18.7 Å². The smallest absolute Gasteiger partial charge is 0.295 e. The number of amides is 1. The van der Waals surface area contributed by atoms with E-state index in [1.165, 1.54) is 4.90 Å². The number of rotatable bonds is 5. The molecule has 1 aromatic heterocycles. The second kappa shape index (κ2) is 8.67. The SMILES string of the molecule is COc1ccc(/C(O)=C2\C(=O)C(=O)N(Cc3cccnc3)[C@@H]2c2ccc(C)cc2)c(C)c1. The van der Waals surface area contributed by atoms with Crippen molar-refractivity contribution in [3.63, 3.8) is 0 Å². The summed E-state index contributed by atoms with van der Waals surface area (Å²) in [5, 5.41) is 11.2. The van der Waals surface area contributed by atoms with E-state index >= 15 is 0 Å². The lowest BCUT2D eigenvalue weighted by Gasteiger charge is -2.25. The molecule has 162 valence electrons. The van der Waals surface area contributed by atoms with Crippen LogP contribution < -0.4 is 4.74 Å². The van der Waals surface area contributed by atoms with Gasteiger partial charge in [0.2, 0.25) is 0 Å². The van der Waals surface area contributed by atoms with E-state index in [1.807, 2.05) is 44.2 Å². The fourth-order valence-corrected chi connectivity index (χ4v) is 4.00. The number of Topliss-reactive ketones (excluding diaryl/α,β-unsaturated/α-hetero) is 1. The second-order valence-corrected chi connectivity index (χ2v) is 7.88. The molecule has 1 aliphatic heterocycles. The number of benzene rings is 2. The van der Waals surface area contributed by atoms with Crippen LogP contribution in [0.2, 0.25) is 0 Å². The van der Waals surface area contributed by atoms with Gasteiger partial charge < -0.3 is 14.7 Å². The quantitative estimate of drug-likeness (QED) is 0.372. The number of ketones is 1. The zero-order chi connectivity index (χ0) is 22.8. The number of ether oxygens (including phenoxy) is 1. The minimum Gasteiger partial charge on any atom is -0.507 e. The first kappa shape index (κ1) is 21.3. The van der Waals surface area contributed by atoms with Crippen molar-refractivity contribution in [3.05, 3.63) is 100 Å². The van der Waals surface area contributed by atoms with E-state index in [2.05, 4.69) is 4.98 Å². The molecule has 1 N–H and O–H groups in total. The lowest BCUT2D eigenvalue weighted by molar-refractivity contribution is -0.140. The summed E-state index contributed by atoms with van der Waals surface area (Å²) in [4.78, 5) is 31.8. The molecule has 2 heterocycles. The van der Waals surface area contributed by atoms with Crippen LogP contribution in [-0.4, -0.2) is 33.8 Å². The predicted molar refractivity (Wildman–Crippen MR) is 121 cm³/mol. The van der Waals surface area contributed by atoms with Crippen molar-refractivity contribution in [3.8, 4) is 5.75 Å². The summed E-state index contributed by atoms with van der Waals surface area (Å²) in [5.74, 6) is -0.895. The monoisotopic (exact) mass is 428 g/mol. The van der Waals surface area contributed by atoms with Gasteiger partial charge in [-0.3, -0.25) is 14.6 Å². The zero-order valence-corrected chi connectivity index (χ0v) is 18.2. The number of nitrogens with zero attached hydrogens (tertiary/aromatic N) is 2. The Labute approximate surface area is 186 Å². The molecule has 1 atom stereocenters. The van der Waals surface area contributed by atoms with Crippen molar-refractivity contribution < 1.29 is 19.4 Å². The van der Waals surface area contributed by atoms with Gasteiger partial charge in [-0.25, -0.2) is 0 Å². The maximum atomic E-state index is 13.2. The number of likely N-dealkylation sites (tertiary alicyclic amines) is 1. The van der Waals surface area contributed by atoms with Crippen LogP contribution in [-0.2, 0) is 16.1 Å². The minimum atomic E-state index is -0.711. The molecule has 3 aromatic rings. The molecule has 32 heavy (non-hydrogen) atoms. The highest BCUT2D eigenvalue weighted by Crippen LogP contribution is 2.41. The van der Waals surface area contributed by atoms with E-state index in [4.69, 9.17) is 4.74 Å². The van der Waals surface area contributed by atoms with Crippen molar-refractivity contribution in [1.82, 2.24) is 9.88 Å². The Kier molecular flexibility index (Phi) is 5.77. The molecule has 1 fully saturated rings. The molecular formula is C26H24N2O4. The summed E-state index contributed by atoms with van der Waals surface area (Å²) in [6, 6.07) is 15.8. The largest absolute Gasteiger partial charge is 0.507 e. The highest BCUT2D eigenvalue weighted by molar-refractivity contribution is 6.46. The molecule has 0 radical (unpaired) electrons. The number of aliphatic hydroxyl groups excluding tert-OH is 1. The van der Waals surface area contributed by atoms with E-state index < -0.39 is 17.7 Å². The van der Waals surface area contributed by atoms with Gasteiger partial charge in [0.25, 0.3) is 11.7 Å². The molecule has 0 aliphatic carbocycles. The molecule has 6 heteroatoms. The molecular weight excluding hydrogens is 404 g/mol. The highest BCUT2D eigenvalue weighted by atomic mass is 16.5. The van der Waals surface area contributed by atoms with Gasteiger partial charge in [0.1, 0.15) is 11.5 Å². The summed E-state index contributed by atoms with van der Waals surface area (Å²) in [6.45, 7) is 4.00. The Morgan fingerprint density at radius 3 is 2.47 bits per heavy atom. The van der Waals surface area contributed by atoms with E-state index in [-0.39, 0.29) is 17.9 Å². The second-order valence-electron chi connectivity index (χ2n) is 7.88. The van der Waals surface area contributed by atoms with Crippen LogP contribution in [0.25, 0.3) is 5.76 Å². The van der Waals surface area contributed by atoms with E-state index in [0.29, 0.717) is 11.3 Å². The van der Waals surface area contributed by atoms with Crippen LogP contribution in [0.4, 0.5) is 0 Å². The van der Waals surface area contributed by atoms with Gasteiger partial charge in [-0.2, -0.15) is 0 Å². The standard InChI is InChI=1S/C26H24N2O4/c1-16-6-8-19(9-7-16)23-22(24(29)21-11-10-20(32-3)13-17(21)2)25(30)26(31)28(23)15-18-5-4-12-27-14-18/h4-14,23,29H,15H2,1-3H3/b24-22+/t23-/m1/s1. The van der Waals surface area contributed by atoms with Crippen LogP contribution >= 0.6 is 0 Å². The number of methoxy groups -OCH3 is 1. The van der Waals surface area contributed by atoms with Crippen LogP contribution in [0.3, 0.4) is 0 Å². The highest BCUT2D eigenvalue weighted by Gasteiger charge is 2.46. The van der Waals surface area contributed by atoms with Crippen molar-refractivity contribution in [1.29, 1.82) is 0 Å². The number of hydrogen-bond donors (Lipinski definition) is 1. The molecule has 0 saturated carbocycles. The third kappa shape index (κ3) is 3.87. The lowest BCUT2D eigenvalue weighted by atomic mass is 9.93. The average Bonchev–Trinajstić information content (AvgIpc) is 3.04. The summed E-state index contributed by atoms with van der Waals surface area (Å²) in [6.07, 6.45) is 3.32. The van der Waals surface area contributed by atoms with Crippen molar-refractivity contribution >= 4 is 17.4 Å². The van der Waals surface area contributed by atoms with E-state index in [0.717, 1.165) is 22.3 Å². The Balaban J connectivity index is 1.87. The lowest BCUT2D eigenvalue weighted by Crippen LogP contribution is -2.29. The summed E-state index contributed by atoms with van der Waals surface area (Å²) in [5.41, 5.74) is 3.92. The first-order valence-electron chi connectivity index (χ1n) is 10.3. The number of aromatic nitrogens is 1. The number of hydrogen-bond acceptors (Lipinski definition) is 5. The maximum absolute atomic E-state index is 13.2. The Morgan fingerprint density at radius 1 is 1.09 bits per heavy atom. The Bertz CT molecular complexity index is 1200. The first-order chi connectivity index (χ1) is 15.4. The molecule has 1 amide bonds. The van der Waals surface area contributed by atoms with Gasteiger partial charge in [-0.1, -0.05) is 35.9 Å². The third-order valence-corrected chi connectivity index (χ3v) is 5.70. The Morgan fingerprint density at radius 2 is 1.84 bits per heavy atom. The fraction of sp³-hybridized carbons (Fsp3) is 0.192. The van der Waals surface area contributed by atoms with Crippen molar-refractivity contribution in [2.75, 3.05) is 7.11 Å². The number of carbonyl (C=O) groups excluding carboxylic acids is 2. The summed E-state index contributed by atoms with van der Waals surface area (Å²) < 4.78 is 5.25.